The highest BCUT2D eigenvalue weighted by atomic mass is 14.7. The normalized spacial score (nSPS) is 41.5. The van der Waals surface area contributed by atoms with Gasteiger partial charge in [0.15, 0.2) is 0 Å². The van der Waals surface area contributed by atoms with Crippen molar-refractivity contribution in [1.82, 2.24) is 4.98 Å². The molecule has 0 amide bonds. The van der Waals surface area contributed by atoms with Gasteiger partial charge in [0.2, 0.25) is 0 Å². The Balaban J connectivity index is 1.68. The van der Waals surface area contributed by atoms with Gasteiger partial charge in [0, 0.05) is 17.9 Å². The fourth-order valence-electron chi connectivity index (χ4n) is 5.67. The molecule has 19 heavy (non-hydrogen) atoms. The Morgan fingerprint density at radius 3 is 2.26 bits per heavy atom. The molecule has 4 saturated carbocycles. The van der Waals surface area contributed by atoms with E-state index in [1.54, 1.807) is 0 Å². The second-order valence-corrected chi connectivity index (χ2v) is 7.49. The van der Waals surface area contributed by atoms with Gasteiger partial charge in [-0.1, -0.05) is 0 Å². The summed E-state index contributed by atoms with van der Waals surface area (Å²) in [5.74, 6) is 2.92. The van der Waals surface area contributed by atoms with Gasteiger partial charge in [-0.15, -0.1) is 0 Å². The monoisotopic (exact) mass is 256 g/mol. The molecule has 4 bridgehead atoms. The minimum absolute atomic E-state index is 0.225. The lowest BCUT2D eigenvalue weighted by Gasteiger charge is -2.59. The van der Waals surface area contributed by atoms with Gasteiger partial charge in [-0.05, 0) is 86.3 Å². The maximum atomic E-state index is 6.74. The minimum Gasteiger partial charge on any atom is -0.323 e. The standard InChI is InChI=1S/C17H24N2/c1-11-4-15(2-3-19-11)16(18)17-8-12-5-13(9-17)7-14(6-12)10-17/h2-4,12-14,16H,5-10,18H2,1H3. The van der Waals surface area contributed by atoms with Gasteiger partial charge in [-0.25, -0.2) is 0 Å². The van der Waals surface area contributed by atoms with Crippen LogP contribution in [-0.4, -0.2) is 4.98 Å². The molecule has 0 spiro atoms. The quantitative estimate of drug-likeness (QED) is 0.878. The van der Waals surface area contributed by atoms with Gasteiger partial charge in [0.1, 0.15) is 0 Å². The van der Waals surface area contributed by atoms with E-state index in [1.807, 2.05) is 6.20 Å². The largest absolute Gasteiger partial charge is 0.323 e. The van der Waals surface area contributed by atoms with Crippen LogP contribution < -0.4 is 5.73 Å². The summed E-state index contributed by atoms with van der Waals surface area (Å²) < 4.78 is 0. The topological polar surface area (TPSA) is 38.9 Å². The minimum atomic E-state index is 0.225. The average molecular weight is 256 g/mol. The summed E-state index contributed by atoms with van der Waals surface area (Å²) in [4.78, 5) is 4.31. The fourth-order valence-corrected chi connectivity index (χ4v) is 5.67. The summed E-state index contributed by atoms with van der Waals surface area (Å²) in [5.41, 5.74) is 9.55. The van der Waals surface area contributed by atoms with Crippen LogP contribution in [0.15, 0.2) is 18.3 Å². The predicted octanol–water partition coefficient (Wildman–Crippen LogP) is 3.61. The molecular weight excluding hydrogens is 232 g/mol. The number of pyridine rings is 1. The molecule has 5 rings (SSSR count). The SMILES string of the molecule is Cc1cc(C(N)C23CC4CC(CC(C4)C2)C3)ccn1. The van der Waals surface area contributed by atoms with Crippen molar-refractivity contribution in [1.29, 1.82) is 0 Å². The molecule has 1 aromatic heterocycles. The number of rotatable bonds is 2. The molecule has 2 nitrogen and oxygen atoms in total. The molecule has 2 N–H and O–H groups in total. The molecule has 1 heterocycles. The molecule has 2 heteroatoms. The van der Waals surface area contributed by atoms with E-state index in [9.17, 15) is 0 Å². The van der Waals surface area contributed by atoms with E-state index in [2.05, 4.69) is 24.0 Å². The van der Waals surface area contributed by atoms with Crippen LogP contribution in [0.4, 0.5) is 0 Å². The zero-order chi connectivity index (χ0) is 13.0. The number of hydrogen-bond donors (Lipinski definition) is 1. The van der Waals surface area contributed by atoms with E-state index in [0.29, 0.717) is 5.41 Å². The first-order chi connectivity index (χ1) is 9.14. The molecular formula is C17H24N2. The molecule has 0 radical (unpaired) electrons. The first-order valence-electron chi connectivity index (χ1n) is 7.83. The third-order valence-corrected chi connectivity index (χ3v) is 6.03. The van der Waals surface area contributed by atoms with Crippen LogP contribution >= 0.6 is 0 Å². The Morgan fingerprint density at radius 2 is 1.74 bits per heavy atom. The summed E-state index contributed by atoms with van der Waals surface area (Å²) in [6, 6.07) is 4.56. The van der Waals surface area contributed by atoms with Crippen LogP contribution in [-0.2, 0) is 0 Å². The molecule has 4 aliphatic carbocycles. The molecule has 0 aliphatic heterocycles. The zero-order valence-corrected chi connectivity index (χ0v) is 11.8. The third kappa shape index (κ3) is 1.84. The van der Waals surface area contributed by atoms with Crippen LogP contribution in [0, 0.1) is 30.1 Å². The lowest BCUT2D eigenvalue weighted by molar-refractivity contribution is -0.0677. The van der Waals surface area contributed by atoms with Gasteiger partial charge in [-0.2, -0.15) is 0 Å². The Kier molecular flexibility index (Phi) is 2.54. The second kappa shape index (κ2) is 4.05. The van der Waals surface area contributed by atoms with Crippen LogP contribution in [0.3, 0.4) is 0 Å². The van der Waals surface area contributed by atoms with E-state index in [4.69, 9.17) is 5.73 Å². The summed E-state index contributed by atoms with van der Waals surface area (Å²) in [7, 11) is 0. The summed E-state index contributed by atoms with van der Waals surface area (Å²) >= 11 is 0. The van der Waals surface area contributed by atoms with E-state index < -0.39 is 0 Å². The van der Waals surface area contributed by atoms with Gasteiger partial charge in [0.25, 0.3) is 0 Å². The lowest BCUT2D eigenvalue weighted by Crippen LogP contribution is -2.50. The summed E-state index contributed by atoms with van der Waals surface area (Å²) in [5, 5.41) is 0. The highest BCUT2D eigenvalue weighted by Crippen LogP contribution is 2.63. The fraction of sp³-hybridized carbons (Fsp3) is 0.706. The Morgan fingerprint density at radius 1 is 1.16 bits per heavy atom. The molecule has 1 aromatic rings. The van der Waals surface area contributed by atoms with Gasteiger partial charge in [0.05, 0.1) is 0 Å². The van der Waals surface area contributed by atoms with E-state index in [1.165, 1.54) is 44.1 Å². The van der Waals surface area contributed by atoms with E-state index in [0.717, 1.165) is 23.4 Å². The maximum Gasteiger partial charge on any atom is 0.0375 e. The van der Waals surface area contributed by atoms with Crippen molar-refractivity contribution >= 4 is 0 Å². The number of aryl methyl sites for hydroxylation is 1. The Labute approximate surface area is 115 Å². The van der Waals surface area contributed by atoms with Crippen LogP contribution in [0.1, 0.15) is 55.8 Å². The van der Waals surface area contributed by atoms with Crippen molar-refractivity contribution in [2.75, 3.05) is 0 Å². The molecule has 1 atom stereocenters. The second-order valence-electron chi connectivity index (χ2n) is 7.49. The first kappa shape index (κ1) is 11.9. The third-order valence-electron chi connectivity index (χ3n) is 6.03. The van der Waals surface area contributed by atoms with Crippen molar-refractivity contribution in [3.63, 3.8) is 0 Å². The molecule has 0 saturated heterocycles. The summed E-state index contributed by atoms with van der Waals surface area (Å²) in [6.07, 6.45) is 10.5. The number of aromatic nitrogens is 1. The first-order valence-corrected chi connectivity index (χ1v) is 7.83. The van der Waals surface area contributed by atoms with E-state index in [-0.39, 0.29) is 6.04 Å². The molecule has 4 aliphatic rings. The van der Waals surface area contributed by atoms with Crippen molar-refractivity contribution in [3.8, 4) is 0 Å². The smallest absolute Gasteiger partial charge is 0.0375 e. The van der Waals surface area contributed by atoms with Crippen molar-refractivity contribution in [3.05, 3.63) is 29.6 Å². The van der Waals surface area contributed by atoms with Gasteiger partial charge < -0.3 is 5.73 Å². The van der Waals surface area contributed by atoms with Crippen LogP contribution in [0.2, 0.25) is 0 Å². The molecule has 102 valence electrons. The van der Waals surface area contributed by atoms with Crippen molar-refractivity contribution in [2.24, 2.45) is 28.9 Å². The highest BCUT2D eigenvalue weighted by molar-refractivity contribution is 5.23. The molecule has 4 fully saturated rings. The number of nitrogens with zero attached hydrogens (tertiary/aromatic N) is 1. The highest BCUT2D eigenvalue weighted by Gasteiger charge is 2.53. The number of hydrogen-bond acceptors (Lipinski definition) is 2. The van der Waals surface area contributed by atoms with Gasteiger partial charge >= 0.3 is 0 Å². The van der Waals surface area contributed by atoms with Crippen LogP contribution in [0.5, 0.6) is 0 Å². The summed E-state index contributed by atoms with van der Waals surface area (Å²) in [6.45, 7) is 2.07. The predicted molar refractivity (Wildman–Crippen MR) is 76.5 cm³/mol. The van der Waals surface area contributed by atoms with Crippen molar-refractivity contribution < 1.29 is 0 Å². The van der Waals surface area contributed by atoms with E-state index >= 15 is 0 Å². The molecule has 1 unspecified atom stereocenters. The Bertz CT molecular complexity index is 459. The van der Waals surface area contributed by atoms with Crippen molar-refractivity contribution in [2.45, 2.75) is 51.5 Å². The zero-order valence-electron chi connectivity index (χ0n) is 11.8. The molecule has 0 aromatic carbocycles. The Hall–Kier alpha value is -0.890. The van der Waals surface area contributed by atoms with Crippen LogP contribution in [0.25, 0.3) is 0 Å². The average Bonchev–Trinajstić information content (AvgIpc) is 2.36. The maximum absolute atomic E-state index is 6.74. The van der Waals surface area contributed by atoms with Gasteiger partial charge in [-0.3, -0.25) is 4.98 Å². The lowest BCUT2D eigenvalue weighted by atomic mass is 9.47. The number of nitrogens with two attached hydrogens (primary N) is 1.